The molecule has 1 saturated heterocycles. The van der Waals surface area contributed by atoms with E-state index in [4.69, 9.17) is 0 Å². The molecular formula is C17H24N2O. The first-order chi connectivity index (χ1) is 9.66. The zero-order chi connectivity index (χ0) is 14.1. The quantitative estimate of drug-likeness (QED) is 0.843. The van der Waals surface area contributed by atoms with E-state index >= 15 is 0 Å². The normalized spacial score (nSPS) is 26.9. The summed E-state index contributed by atoms with van der Waals surface area (Å²) in [6.07, 6.45) is 1.03. The fraction of sp³-hybridized carbons (Fsp3) is 0.588. The first kappa shape index (κ1) is 13.6. The monoisotopic (exact) mass is 272 g/mol. The molecule has 1 aliphatic carbocycles. The highest BCUT2D eigenvalue weighted by atomic mass is 16.2. The fourth-order valence-electron chi connectivity index (χ4n) is 3.23. The summed E-state index contributed by atoms with van der Waals surface area (Å²) >= 11 is 0. The lowest BCUT2D eigenvalue weighted by Gasteiger charge is -2.37. The Balaban J connectivity index is 1.54. The molecule has 1 heterocycles. The van der Waals surface area contributed by atoms with Gasteiger partial charge in [-0.05, 0) is 31.7 Å². The second-order valence-corrected chi connectivity index (χ2v) is 6.31. The zero-order valence-corrected chi connectivity index (χ0v) is 12.5. The Hall–Kier alpha value is -1.35. The van der Waals surface area contributed by atoms with Crippen LogP contribution in [0.1, 0.15) is 31.7 Å². The average molecular weight is 272 g/mol. The summed E-state index contributed by atoms with van der Waals surface area (Å²) in [5.41, 5.74) is 1.33. The van der Waals surface area contributed by atoms with Crippen LogP contribution >= 0.6 is 0 Å². The van der Waals surface area contributed by atoms with E-state index in [-0.39, 0.29) is 5.92 Å². The van der Waals surface area contributed by atoms with Crippen LogP contribution in [0, 0.1) is 5.92 Å². The number of rotatable bonds is 3. The predicted molar refractivity (Wildman–Crippen MR) is 80.6 cm³/mol. The van der Waals surface area contributed by atoms with Gasteiger partial charge in [0.2, 0.25) is 5.91 Å². The third-order valence-corrected chi connectivity index (χ3v) is 4.69. The van der Waals surface area contributed by atoms with E-state index in [9.17, 15) is 4.79 Å². The van der Waals surface area contributed by atoms with Crippen molar-refractivity contribution in [3.05, 3.63) is 35.9 Å². The molecule has 1 aromatic carbocycles. The summed E-state index contributed by atoms with van der Waals surface area (Å²) in [5, 5.41) is 0. The molecule has 1 unspecified atom stereocenters. The van der Waals surface area contributed by atoms with Gasteiger partial charge in [-0.25, -0.2) is 0 Å². The van der Waals surface area contributed by atoms with Crippen LogP contribution in [0.2, 0.25) is 0 Å². The number of carbonyl (C=O) groups excluding carboxylic acids is 1. The molecule has 0 N–H and O–H groups in total. The highest BCUT2D eigenvalue weighted by molar-refractivity contribution is 5.83. The lowest BCUT2D eigenvalue weighted by atomic mass is 10.1. The highest BCUT2D eigenvalue weighted by Crippen LogP contribution is 2.48. The van der Waals surface area contributed by atoms with Crippen LogP contribution in [0.3, 0.4) is 0 Å². The Morgan fingerprint density at radius 1 is 1.10 bits per heavy atom. The summed E-state index contributed by atoms with van der Waals surface area (Å²) in [6, 6.07) is 11.1. The second kappa shape index (κ2) is 5.57. The first-order valence-electron chi connectivity index (χ1n) is 7.74. The smallest absolute Gasteiger partial charge is 0.226 e. The van der Waals surface area contributed by atoms with Crippen LogP contribution < -0.4 is 0 Å². The number of piperazine rings is 1. The Kier molecular flexibility index (Phi) is 3.79. The van der Waals surface area contributed by atoms with Gasteiger partial charge in [0.25, 0.3) is 0 Å². The van der Waals surface area contributed by atoms with Crippen LogP contribution in [0.5, 0.6) is 0 Å². The summed E-state index contributed by atoms with van der Waals surface area (Å²) in [4.78, 5) is 17.1. The lowest BCUT2D eigenvalue weighted by Crippen LogP contribution is -2.51. The van der Waals surface area contributed by atoms with Crippen LogP contribution in [0.25, 0.3) is 0 Å². The van der Waals surface area contributed by atoms with E-state index in [1.807, 2.05) is 6.07 Å². The Morgan fingerprint density at radius 3 is 2.35 bits per heavy atom. The van der Waals surface area contributed by atoms with Gasteiger partial charge in [0.05, 0.1) is 0 Å². The average Bonchev–Trinajstić information content (AvgIpc) is 3.28. The van der Waals surface area contributed by atoms with E-state index in [1.165, 1.54) is 5.56 Å². The van der Waals surface area contributed by atoms with E-state index in [0.29, 0.717) is 17.9 Å². The minimum absolute atomic E-state index is 0.239. The molecule has 1 saturated carbocycles. The van der Waals surface area contributed by atoms with E-state index < -0.39 is 0 Å². The SMILES string of the molecule is CC(C)N1CCN(C(=O)C2C[C@@H]2c2ccccc2)CC1. The second-order valence-electron chi connectivity index (χ2n) is 6.31. The molecule has 3 rings (SSSR count). The van der Waals surface area contributed by atoms with Crippen LogP contribution in [-0.2, 0) is 4.79 Å². The molecule has 3 nitrogen and oxygen atoms in total. The van der Waals surface area contributed by atoms with Gasteiger partial charge >= 0.3 is 0 Å². The van der Waals surface area contributed by atoms with Crippen LogP contribution in [0.15, 0.2) is 30.3 Å². The van der Waals surface area contributed by atoms with Gasteiger partial charge in [-0.2, -0.15) is 0 Å². The maximum Gasteiger partial charge on any atom is 0.226 e. The van der Waals surface area contributed by atoms with Crippen molar-refractivity contribution in [2.24, 2.45) is 5.92 Å². The Labute approximate surface area is 121 Å². The first-order valence-corrected chi connectivity index (χ1v) is 7.74. The fourth-order valence-corrected chi connectivity index (χ4v) is 3.23. The topological polar surface area (TPSA) is 23.6 Å². The summed E-state index contributed by atoms with van der Waals surface area (Å²) in [7, 11) is 0. The summed E-state index contributed by atoms with van der Waals surface area (Å²) in [6.45, 7) is 8.29. The predicted octanol–water partition coefficient (Wildman–Crippen LogP) is 2.34. The van der Waals surface area contributed by atoms with E-state index in [0.717, 1.165) is 32.6 Å². The third-order valence-electron chi connectivity index (χ3n) is 4.69. The third kappa shape index (κ3) is 2.73. The molecule has 20 heavy (non-hydrogen) atoms. The largest absolute Gasteiger partial charge is 0.340 e. The van der Waals surface area contributed by atoms with Gasteiger partial charge in [-0.1, -0.05) is 30.3 Å². The van der Waals surface area contributed by atoms with E-state index in [1.54, 1.807) is 0 Å². The molecule has 1 amide bonds. The standard InChI is InChI=1S/C17H24N2O/c1-13(2)18-8-10-19(11-9-18)17(20)16-12-15(16)14-6-4-3-5-7-14/h3-7,13,15-16H,8-12H2,1-2H3/t15-,16?/m1/s1. The van der Waals surface area contributed by atoms with Crippen molar-refractivity contribution >= 4 is 5.91 Å². The minimum atomic E-state index is 0.239. The molecular weight excluding hydrogens is 248 g/mol. The van der Waals surface area contributed by atoms with Crippen molar-refractivity contribution < 1.29 is 4.79 Å². The van der Waals surface area contributed by atoms with Crippen molar-refractivity contribution in [3.8, 4) is 0 Å². The van der Waals surface area contributed by atoms with Gasteiger partial charge in [0.1, 0.15) is 0 Å². The zero-order valence-electron chi connectivity index (χ0n) is 12.5. The molecule has 0 radical (unpaired) electrons. The maximum absolute atomic E-state index is 12.5. The van der Waals surface area contributed by atoms with Crippen LogP contribution in [0.4, 0.5) is 0 Å². The molecule has 2 fully saturated rings. The van der Waals surface area contributed by atoms with Gasteiger partial charge in [-0.15, -0.1) is 0 Å². The highest BCUT2D eigenvalue weighted by Gasteiger charge is 2.45. The van der Waals surface area contributed by atoms with E-state index in [2.05, 4.69) is 47.9 Å². The van der Waals surface area contributed by atoms with Gasteiger partial charge in [-0.3, -0.25) is 9.69 Å². The molecule has 1 aromatic rings. The number of amides is 1. The van der Waals surface area contributed by atoms with Gasteiger partial charge in [0.15, 0.2) is 0 Å². The van der Waals surface area contributed by atoms with Crippen molar-refractivity contribution in [1.82, 2.24) is 9.80 Å². The molecule has 0 aromatic heterocycles. The molecule has 2 atom stereocenters. The minimum Gasteiger partial charge on any atom is -0.340 e. The molecule has 1 aliphatic heterocycles. The number of nitrogens with zero attached hydrogens (tertiary/aromatic N) is 2. The lowest BCUT2D eigenvalue weighted by molar-refractivity contribution is -0.134. The summed E-state index contributed by atoms with van der Waals surface area (Å²) in [5.74, 6) is 1.08. The molecule has 3 heteroatoms. The van der Waals surface area contributed by atoms with Gasteiger partial charge < -0.3 is 4.90 Å². The van der Waals surface area contributed by atoms with Gasteiger partial charge in [0, 0.05) is 38.1 Å². The van der Waals surface area contributed by atoms with Crippen molar-refractivity contribution in [2.75, 3.05) is 26.2 Å². The Morgan fingerprint density at radius 2 is 1.75 bits per heavy atom. The molecule has 108 valence electrons. The summed E-state index contributed by atoms with van der Waals surface area (Å²) < 4.78 is 0. The number of hydrogen-bond acceptors (Lipinski definition) is 2. The number of benzene rings is 1. The van der Waals surface area contributed by atoms with Crippen molar-refractivity contribution in [3.63, 3.8) is 0 Å². The molecule has 0 bridgehead atoms. The molecule has 2 aliphatic rings. The van der Waals surface area contributed by atoms with Crippen molar-refractivity contribution in [2.45, 2.75) is 32.2 Å². The number of carbonyl (C=O) groups is 1. The maximum atomic E-state index is 12.5. The molecule has 0 spiro atoms. The van der Waals surface area contributed by atoms with Crippen molar-refractivity contribution in [1.29, 1.82) is 0 Å². The Bertz CT molecular complexity index is 463. The van der Waals surface area contributed by atoms with Crippen LogP contribution in [-0.4, -0.2) is 47.9 Å². The number of hydrogen-bond donors (Lipinski definition) is 0.